The lowest BCUT2D eigenvalue weighted by Gasteiger charge is -2.23. The summed E-state index contributed by atoms with van der Waals surface area (Å²) < 4.78 is 18.5. The number of benzene rings is 1. The second kappa shape index (κ2) is 6.85. The minimum absolute atomic E-state index is 0.0370. The fraction of sp³-hybridized carbons (Fsp3) is 0.400. The molecule has 2 aliphatic rings. The number of carbonyl (C=O) groups is 1. The molecule has 0 radical (unpaired) electrons. The van der Waals surface area contributed by atoms with Gasteiger partial charge < -0.3 is 9.42 Å². The third-order valence-corrected chi connectivity index (χ3v) is 5.68. The van der Waals surface area contributed by atoms with Gasteiger partial charge in [0.1, 0.15) is 11.5 Å². The van der Waals surface area contributed by atoms with Gasteiger partial charge in [0, 0.05) is 30.5 Å². The Labute approximate surface area is 160 Å². The van der Waals surface area contributed by atoms with Gasteiger partial charge in [0.15, 0.2) is 5.82 Å². The van der Waals surface area contributed by atoms with Crippen molar-refractivity contribution >= 4 is 5.91 Å². The van der Waals surface area contributed by atoms with Crippen LogP contribution in [0.1, 0.15) is 43.8 Å². The summed E-state index contributed by atoms with van der Waals surface area (Å²) >= 11 is 0. The van der Waals surface area contributed by atoms with Gasteiger partial charge in [-0.05, 0) is 43.2 Å². The molecule has 3 heterocycles. The van der Waals surface area contributed by atoms with Crippen LogP contribution >= 0.6 is 0 Å². The van der Waals surface area contributed by atoms with Crippen LogP contribution in [-0.4, -0.2) is 43.7 Å². The molecule has 5 rings (SSSR count). The Balaban J connectivity index is 1.33. The summed E-state index contributed by atoms with van der Waals surface area (Å²) in [4.78, 5) is 18.9. The maximum absolute atomic E-state index is 13.1. The highest BCUT2D eigenvalue weighted by atomic mass is 19.1. The molecular weight excluding hydrogens is 361 g/mol. The standard InChI is InChI=1S/C20H20FN5O2/c21-14-7-5-12(6-8-14)16-10-17(24-23-16)20-22-19(25-28-20)13-9-18(27)26(11-13)15-3-1-2-4-15/h5-8,10,13,15H,1-4,9,11H2,(H,23,24)/t13-/m1/s1. The van der Waals surface area contributed by atoms with Crippen molar-refractivity contribution in [3.8, 4) is 22.8 Å². The summed E-state index contributed by atoms with van der Waals surface area (Å²) in [6, 6.07) is 8.26. The van der Waals surface area contributed by atoms with Crippen LogP contribution in [0, 0.1) is 5.82 Å². The molecular formula is C20H20FN5O2. The Morgan fingerprint density at radius 2 is 1.96 bits per heavy atom. The Morgan fingerprint density at radius 1 is 1.18 bits per heavy atom. The quantitative estimate of drug-likeness (QED) is 0.747. The predicted octanol–water partition coefficient (Wildman–Crippen LogP) is 3.52. The van der Waals surface area contributed by atoms with Crippen molar-refractivity contribution < 1.29 is 13.7 Å². The molecule has 0 bridgehead atoms. The Bertz CT molecular complexity index is 990. The van der Waals surface area contributed by atoms with Gasteiger partial charge in [-0.3, -0.25) is 9.89 Å². The number of amides is 1. The Morgan fingerprint density at radius 3 is 2.75 bits per heavy atom. The Hall–Kier alpha value is -3.03. The van der Waals surface area contributed by atoms with Gasteiger partial charge in [0.2, 0.25) is 5.91 Å². The van der Waals surface area contributed by atoms with Crippen LogP contribution in [0.2, 0.25) is 0 Å². The summed E-state index contributed by atoms with van der Waals surface area (Å²) in [6.45, 7) is 0.659. The number of nitrogens with one attached hydrogen (secondary N) is 1. The molecule has 3 aromatic rings. The van der Waals surface area contributed by atoms with Crippen molar-refractivity contribution in [3.63, 3.8) is 0 Å². The molecule has 28 heavy (non-hydrogen) atoms. The van der Waals surface area contributed by atoms with Crippen LogP contribution in [0.4, 0.5) is 4.39 Å². The summed E-state index contributed by atoms with van der Waals surface area (Å²) in [6.07, 6.45) is 5.01. The van der Waals surface area contributed by atoms with Crippen molar-refractivity contribution in [1.82, 2.24) is 25.2 Å². The summed E-state index contributed by atoms with van der Waals surface area (Å²) in [5.41, 5.74) is 2.05. The highest BCUT2D eigenvalue weighted by Gasteiger charge is 2.38. The van der Waals surface area contributed by atoms with E-state index in [1.165, 1.54) is 25.0 Å². The lowest BCUT2D eigenvalue weighted by atomic mass is 10.1. The number of likely N-dealkylation sites (tertiary alicyclic amines) is 1. The molecule has 1 amide bonds. The van der Waals surface area contributed by atoms with E-state index in [9.17, 15) is 9.18 Å². The second-order valence-electron chi connectivity index (χ2n) is 7.52. The van der Waals surface area contributed by atoms with E-state index in [2.05, 4.69) is 20.3 Å². The van der Waals surface area contributed by atoms with Crippen molar-refractivity contribution in [1.29, 1.82) is 0 Å². The van der Waals surface area contributed by atoms with E-state index in [1.54, 1.807) is 18.2 Å². The SMILES string of the molecule is O=C1C[C@@H](c2noc(-c3cc(-c4ccc(F)cc4)n[nH]3)n2)CN1C1CCCC1. The number of rotatable bonds is 4. The zero-order valence-corrected chi connectivity index (χ0v) is 15.3. The second-order valence-corrected chi connectivity index (χ2v) is 7.52. The first-order valence-corrected chi connectivity index (χ1v) is 9.62. The fourth-order valence-corrected chi connectivity index (χ4v) is 4.18. The molecule has 0 unspecified atom stereocenters. The highest BCUT2D eigenvalue weighted by Crippen LogP contribution is 2.33. The van der Waals surface area contributed by atoms with E-state index in [4.69, 9.17) is 4.52 Å². The van der Waals surface area contributed by atoms with Crippen molar-refractivity contribution in [2.24, 2.45) is 0 Å². The maximum atomic E-state index is 13.1. The molecule has 2 fully saturated rings. The van der Waals surface area contributed by atoms with Crippen LogP contribution < -0.4 is 0 Å². The third kappa shape index (κ3) is 3.08. The molecule has 1 aliphatic carbocycles. The van der Waals surface area contributed by atoms with Gasteiger partial charge in [-0.2, -0.15) is 10.1 Å². The first kappa shape index (κ1) is 17.1. The number of hydrogen-bond donors (Lipinski definition) is 1. The van der Waals surface area contributed by atoms with Gasteiger partial charge in [-0.15, -0.1) is 0 Å². The van der Waals surface area contributed by atoms with Gasteiger partial charge in [-0.25, -0.2) is 4.39 Å². The van der Waals surface area contributed by atoms with Crippen molar-refractivity contribution in [2.75, 3.05) is 6.54 Å². The molecule has 1 atom stereocenters. The molecule has 1 N–H and O–H groups in total. The average molecular weight is 381 g/mol. The third-order valence-electron chi connectivity index (χ3n) is 5.68. The van der Waals surface area contributed by atoms with E-state index in [0.29, 0.717) is 42.1 Å². The molecule has 2 aromatic heterocycles. The topological polar surface area (TPSA) is 87.9 Å². The number of H-pyrrole nitrogens is 1. The zero-order chi connectivity index (χ0) is 19.1. The zero-order valence-electron chi connectivity index (χ0n) is 15.3. The molecule has 7 nitrogen and oxygen atoms in total. The molecule has 1 saturated carbocycles. The maximum Gasteiger partial charge on any atom is 0.275 e. The number of carbonyl (C=O) groups excluding carboxylic acids is 1. The largest absolute Gasteiger partial charge is 0.339 e. The number of aromatic nitrogens is 4. The van der Waals surface area contributed by atoms with E-state index in [1.807, 2.05) is 4.90 Å². The van der Waals surface area contributed by atoms with Crippen LogP contribution in [-0.2, 0) is 4.79 Å². The first-order chi connectivity index (χ1) is 13.7. The average Bonchev–Trinajstić information content (AvgIpc) is 3.47. The molecule has 0 spiro atoms. The summed E-state index contributed by atoms with van der Waals surface area (Å²) in [7, 11) is 0. The lowest BCUT2D eigenvalue weighted by molar-refractivity contribution is -0.129. The van der Waals surface area contributed by atoms with E-state index in [-0.39, 0.29) is 17.6 Å². The van der Waals surface area contributed by atoms with Crippen LogP contribution in [0.15, 0.2) is 34.9 Å². The highest BCUT2D eigenvalue weighted by molar-refractivity contribution is 5.80. The fourth-order valence-electron chi connectivity index (χ4n) is 4.18. The summed E-state index contributed by atoms with van der Waals surface area (Å²) in [5, 5.41) is 11.2. The van der Waals surface area contributed by atoms with Crippen LogP contribution in [0.5, 0.6) is 0 Å². The molecule has 144 valence electrons. The van der Waals surface area contributed by atoms with E-state index < -0.39 is 0 Å². The van der Waals surface area contributed by atoms with Crippen molar-refractivity contribution in [2.45, 2.75) is 44.1 Å². The molecule has 8 heteroatoms. The number of aromatic amines is 1. The van der Waals surface area contributed by atoms with E-state index in [0.717, 1.165) is 18.4 Å². The molecule has 1 saturated heterocycles. The van der Waals surface area contributed by atoms with Gasteiger partial charge >= 0.3 is 0 Å². The van der Waals surface area contributed by atoms with Gasteiger partial charge in [0.25, 0.3) is 5.89 Å². The smallest absolute Gasteiger partial charge is 0.275 e. The number of hydrogen-bond acceptors (Lipinski definition) is 5. The predicted molar refractivity (Wildman–Crippen MR) is 98.6 cm³/mol. The minimum Gasteiger partial charge on any atom is -0.339 e. The molecule has 1 aliphatic heterocycles. The number of halogens is 1. The van der Waals surface area contributed by atoms with E-state index >= 15 is 0 Å². The summed E-state index contributed by atoms with van der Waals surface area (Å²) in [5.74, 6) is 0.747. The first-order valence-electron chi connectivity index (χ1n) is 9.62. The monoisotopic (exact) mass is 381 g/mol. The van der Waals surface area contributed by atoms with Crippen molar-refractivity contribution in [3.05, 3.63) is 42.0 Å². The molecule has 1 aromatic carbocycles. The lowest BCUT2D eigenvalue weighted by Crippen LogP contribution is -2.34. The number of nitrogens with zero attached hydrogens (tertiary/aromatic N) is 4. The van der Waals surface area contributed by atoms with Gasteiger partial charge in [0.05, 0.1) is 5.69 Å². The van der Waals surface area contributed by atoms with Crippen LogP contribution in [0.3, 0.4) is 0 Å². The van der Waals surface area contributed by atoms with Gasteiger partial charge in [-0.1, -0.05) is 18.0 Å². The minimum atomic E-state index is -0.293. The Kier molecular flexibility index (Phi) is 4.18. The van der Waals surface area contributed by atoms with Crippen LogP contribution in [0.25, 0.3) is 22.8 Å². The normalized spacial score (nSPS) is 20.4.